The predicted octanol–water partition coefficient (Wildman–Crippen LogP) is 2.94. The van der Waals surface area contributed by atoms with E-state index >= 15 is 0 Å². The molecular formula is C18H13N5O2. The molecule has 0 radical (unpaired) electrons. The molecule has 3 rings (SSSR count). The van der Waals surface area contributed by atoms with Gasteiger partial charge in [-0.25, -0.2) is 19.7 Å². The summed E-state index contributed by atoms with van der Waals surface area (Å²) in [5.41, 5.74) is 3.27. The van der Waals surface area contributed by atoms with Gasteiger partial charge in [-0.2, -0.15) is 5.26 Å². The third kappa shape index (κ3) is 3.59. The van der Waals surface area contributed by atoms with Gasteiger partial charge in [-0.15, -0.1) is 0 Å². The number of ether oxygens (including phenoxy) is 1. The number of carbonyl (C=O) groups is 1. The maximum Gasteiger partial charge on any atom is 0.356 e. The molecule has 0 fully saturated rings. The zero-order chi connectivity index (χ0) is 17.6. The van der Waals surface area contributed by atoms with E-state index in [0.717, 1.165) is 16.8 Å². The fourth-order valence-corrected chi connectivity index (χ4v) is 2.24. The zero-order valence-corrected chi connectivity index (χ0v) is 13.3. The molecule has 7 heteroatoms. The van der Waals surface area contributed by atoms with Gasteiger partial charge in [-0.3, -0.25) is 0 Å². The number of carbonyl (C=O) groups excluding carboxylic acids is 1. The summed E-state index contributed by atoms with van der Waals surface area (Å²) in [4.78, 5) is 23.6. The van der Waals surface area contributed by atoms with E-state index in [1.54, 1.807) is 18.5 Å². The Kier molecular flexibility index (Phi) is 4.62. The summed E-state index contributed by atoms with van der Waals surface area (Å²) in [7, 11) is 1.26. The van der Waals surface area contributed by atoms with Crippen LogP contribution in [0.1, 0.15) is 16.2 Å². The number of nitrogens with one attached hydrogen (secondary N) is 1. The Morgan fingerprint density at radius 1 is 1.16 bits per heavy atom. The highest BCUT2D eigenvalue weighted by Crippen LogP contribution is 2.25. The summed E-state index contributed by atoms with van der Waals surface area (Å²) >= 11 is 0. The Balaban J connectivity index is 1.90. The van der Waals surface area contributed by atoms with Crippen molar-refractivity contribution < 1.29 is 9.53 Å². The van der Waals surface area contributed by atoms with Crippen LogP contribution in [0.25, 0.3) is 11.1 Å². The topological polar surface area (TPSA) is 101 Å². The molecule has 0 amide bonds. The van der Waals surface area contributed by atoms with Crippen LogP contribution in [0.4, 0.5) is 11.4 Å². The van der Waals surface area contributed by atoms with Crippen molar-refractivity contribution in [3.8, 4) is 17.2 Å². The summed E-state index contributed by atoms with van der Waals surface area (Å²) in [6.45, 7) is 0. The zero-order valence-electron chi connectivity index (χ0n) is 13.3. The van der Waals surface area contributed by atoms with E-state index in [1.807, 2.05) is 30.3 Å². The fourth-order valence-electron chi connectivity index (χ4n) is 2.24. The van der Waals surface area contributed by atoms with Crippen LogP contribution in [0.15, 0.2) is 55.1 Å². The SMILES string of the molecule is COC(=O)c1ccc(Nc2cccc(-c3cncnc3)c2)c(C#N)n1. The van der Waals surface area contributed by atoms with Crippen molar-refractivity contribution in [2.75, 3.05) is 12.4 Å². The Morgan fingerprint density at radius 2 is 1.96 bits per heavy atom. The number of benzene rings is 1. The molecule has 0 saturated heterocycles. The minimum absolute atomic E-state index is 0.0831. The van der Waals surface area contributed by atoms with E-state index in [9.17, 15) is 10.1 Å². The normalized spacial score (nSPS) is 9.92. The van der Waals surface area contributed by atoms with E-state index < -0.39 is 5.97 Å². The van der Waals surface area contributed by atoms with Crippen LogP contribution in [0.5, 0.6) is 0 Å². The molecule has 0 aliphatic rings. The second-order valence-corrected chi connectivity index (χ2v) is 5.03. The summed E-state index contributed by atoms with van der Waals surface area (Å²) in [6.07, 6.45) is 4.92. The van der Waals surface area contributed by atoms with E-state index in [-0.39, 0.29) is 11.4 Å². The molecular weight excluding hydrogens is 318 g/mol. The molecule has 2 aromatic heterocycles. The Morgan fingerprint density at radius 3 is 2.68 bits per heavy atom. The number of rotatable bonds is 4. The van der Waals surface area contributed by atoms with Gasteiger partial charge in [0.2, 0.25) is 0 Å². The van der Waals surface area contributed by atoms with Gasteiger partial charge < -0.3 is 10.1 Å². The van der Waals surface area contributed by atoms with Crippen molar-refractivity contribution in [1.29, 1.82) is 5.26 Å². The smallest absolute Gasteiger partial charge is 0.356 e. The van der Waals surface area contributed by atoms with Crippen LogP contribution in [0.3, 0.4) is 0 Å². The number of hydrogen-bond acceptors (Lipinski definition) is 7. The van der Waals surface area contributed by atoms with Gasteiger partial charge in [0.15, 0.2) is 5.69 Å². The molecule has 0 spiro atoms. The summed E-state index contributed by atoms with van der Waals surface area (Å²) in [6, 6.07) is 12.7. The van der Waals surface area contributed by atoms with Crippen LogP contribution in [-0.2, 0) is 4.74 Å². The lowest BCUT2D eigenvalue weighted by Crippen LogP contribution is -2.06. The Labute approximate surface area is 144 Å². The Hall–Kier alpha value is -3.79. The van der Waals surface area contributed by atoms with Gasteiger partial charge in [0.25, 0.3) is 0 Å². The number of hydrogen-bond donors (Lipinski definition) is 1. The first-order chi connectivity index (χ1) is 12.2. The third-order valence-electron chi connectivity index (χ3n) is 3.43. The molecule has 1 aromatic carbocycles. The van der Waals surface area contributed by atoms with Gasteiger partial charge in [-0.05, 0) is 29.8 Å². The lowest BCUT2D eigenvalue weighted by molar-refractivity contribution is 0.0594. The average molecular weight is 331 g/mol. The third-order valence-corrected chi connectivity index (χ3v) is 3.43. The first kappa shape index (κ1) is 16.1. The standard InChI is InChI=1S/C18H13N5O2/c1-25-18(24)16-6-5-15(17(8-19)23-16)22-14-4-2-3-12(7-14)13-9-20-11-21-10-13/h2-7,9-11,22H,1H3. The molecule has 0 aliphatic heterocycles. The Bertz CT molecular complexity index is 951. The van der Waals surface area contributed by atoms with E-state index in [2.05, 4.69) is 25.0 Å². The first-order valence-electron chi connectivity index (χ1n) is 7.33. The molecule has 25 heavy (non-hydrogen) atoms. The molecule has 7 nitrogen and oxygen atoms in total. The molecule has 0 aliphatic carbocycles. The molecule has 3 aromatic rings. The number of nitrogens with zero attached hydrogens (tertiary/aromatic N) is 4. The van der Waals surface area contributed by atoms with Gasteiger partial charge in [0.05, 0.1) is 12.8 Å². The fraction of sp³-hybridized carbons (Fsp3) is 0.0556. The molecule has 0 unspecified atom stereocenters. The van der Waals surface area contributed by atoms with E-state index in [1.165, 1.54) is 19.5 Å². The van der Waals surface area contributed by atoms with E-state index in [4.69, 9.17) is 0 Å². The number of aromatic nitrogens is 3. The van der Waals surface area contributed by atoms with Crippen LogP contribution < -0.4 is 5.32 Å². The average Bonchev–Trinajstić information content (AvgIpc) is 2.68. The maximum atomic E-state index is 11.5. The highest BCUT2D eigenvalue weighted by Gasteiger charge is 2.12. The largest absolute Gasteiger partial charge is 0.464 e. The number of anilines is 2. The maximum absolute atomic E-state index is 11.5. The summed E-state index contributed by atoms with van der Waals surface area (Å²) in [5.74, 6) is -0.589. The van der Waals surface area contributed by atoms with Crippen LogP contribution in [0.2, 0.25) is 0 Å². The van der Waals surface area contributed by atoms with Gasteiger partial charge in [0.1, 0.15) is 18.1 Å². The molecule has 2 heterocycles. The van der Waals surface area contributed by atoms with Gasteiger partial charge >= 0.3 is 5.97 Å². The number of nitriles is 1. The summed E-state index contributed by atoms with van der Waals surface area (Å²) < 4.78 is 4.62. The first-order valence-corrected chi connectivity index (χ1v) is 7.33. The summed E-state index contributed by atoms with van der Waals surface area (Å²) in [5, 5.41) is 12.4. The van der Waals surface area contributed by atoms with Crippen LogP contribution in [-0.4, -0.2) is 28.0 Å². The predicted molar refractivity (Wildman–Crippen MR) is 91.0 cm³/mol. The quantitative estimate of drug-likeness (QED) is 0.733. The second-order valence-electron chi connectivity index (χ2n) is 5.03. The van der Waals surface area contributed by atoms with E-state index in [0.29, 0.717) is 5.69 Å². The lowest BCUT2D eigenvalue weighted by Gasteiger charge is -2.10. The minimum atomic E-state index is -0.589. The van der Waals surface area contributed by atoms with Gasteiger partial charge in [0, 0.05) is 23.6 Å². The molecule has 0 bridgehead atoms. The second kappa shape index (κ2) is 7.19. The van der Waals surface area contributed by atoms with Crippen molar-refractivity contribution in [3.05, 3.63) is 66.5 Å². The van der Waals surface area contributed by atoms with Crippen molar-refractivity contribution in [3.63, 3.8) is 0 Å². The monoisotopic (exact) mass is 331 g/mol. The van der Waals surface area contributed by atoms with Crippen molar-refractivity contribution >= 4 is 17.3 Å². The number of esters is 1. The minimum Gasteiger partial charge on any atom is -0.464 e. The molecule has 1 N–H and O–H groups in total. The molecule has 0 atom stereocenters. The number of pyridine rings is 1. The van der Waals surface area contributed by atoms with Crippen molar-refractivity contribution in [2.45, 2.75) is 0 Å². The number of methoxy groups -OCH3 is 1. The molecule has 122 valence electrons. The lowest BCUT2D eigenvalue weighted by atomic mass is 10.1. The highest BCUT2D eigenvalue weighted by atomic mass is 16.5. The highest BCUT2D eigenvalue weighted by molar-refractivity contribution is 5.88. The van der Waals surface area contributed by atoms with Crippen molar-refractivity contribution in [1.82, 2.24) is 15.0 Å². The van der Waals surface area contributed by atoms with Crippen LogP contribution in [0, 0.1) is 11.3 Å². The van der Waals surface area contributed by atoms with Crippen molar-refractivity contribution in [2.24, 2.45) is 0 Å². The molecule has 0 saturated carbocycles. The van der Waals surface area contributed by atoms with Crippen LogP contribution >= 0.6 is 0 Å². The van der Waals surface area contributed by atoms with Gasteiger partial charge in [-0.1, -0.05) is 12.1 Å².